The van der Waals surface area contributed by atoms with Crippen LogP contribution in [0.2, 0.25) is 0 Å². The van der Waals surface area contributed by atoms with E-state index < -0.39 is 15.9 Å². The number of rotatable bonds is 4. The molecule has 1 aromatic rings. The summed E-state index contributed by atoms with van der Waals surface area (Å²) in [5.41, 5.74) is 11.6. The van der Waals surface area contributed by atoms with E-state index in [1.807, 2.05) is 0 Å². The molecule has 1 heterocycles. The number of carbonyl (C=O) groups is 1. The fourth-order valence-corrected chi connectivity index (χ4v) is 3.71. The molecule has 22 heavy (non-hydrogen) atoms. The van der Waals surface area contributed by atoms with E-state index in [1.165, 1.54) is 16.4 Å². The molecule has 0 bridgehead atoms. The van der Waals surface area contributed by atoms with Crippen molar-refractivity contribution in [3.8, 4) is 0 Å². The highest BCUT2D eigenvalue weighted by atomic mass is 35.5. The summed E-state index contributed by atoms with van der Waals surface area (Å²) >= 11 is 0. The minimum Gasteiger partial charge on any atom is -0.374 e. The summed E-state index contributed by atoms with van der Waals surface area (Å²) in [7, 11) is -3.69. The van der Waals surface area contributed by atoms with Gasteiger partial charge in [0.2, 0.25) is 15.9 Å². The number of nitrogens with zero attached hydrogens (tertiary/aromatic N) is 1. The van der Waals surface area contributed by atoms with Crippen molar-refractivity contribution in [2.24, 2.45) is 11.5 Å². The first-order valence-corrected chi connectivity index (χ1v) is 8.02. The molecule has 1 fully saturated rings. The van der Waals surface area contributed by atoms with Crippen LogP contribution in [0.15, 0.2) is 23.1 Å². The standard InChI is InChI=1S/C13H19N3O4S.ClH/c1-9-2-3-11(6-12(9)13(15)17)21(18,19)16-4-5-20-10(7-14)8-16;/h2-3,6,10H,4-5,7-8,14H2,1H3,(H2,15,17);1H. The maximum absolute atomic E-state index is 12.6. The quantitative estimate of drug-likeness (QED) is 0.785. The number of hydrogen-bond acceptors (Lipinski definition) is 5. The van der Waals surface area contributed by atoms with E-state index >= 15 is 0 Å². The van der Waals surface area contributed by atoms with Crippen LogP contribution in [0.4, 0.5) is 0 Å². The van der Waals surface area contributed by atoms with E-state index in [4.69, 9.17) is 16.2 Å². The van der Waals surface area contributed by atoms with Crippen LogP contribution in [-0.2, 0) is 14.8 Å². The maximum Gasteiger partial charge on any atom is 0.249 e. The van der Waals surface area contributed by atoms with Gasteiger partial charge in [-0.15, -0.1) is 12.4 Å². The van der Waals surface area contributed by atoms with Gasteiger partial charge in [-0.3, -0.25) is 4.79 Å². The molecule has 0 radical (unpaired) electrons. The summed E-state index contributed by atoms with van der Waals surface area (Å²) in [6, 6.07) is 4.37. The van der Waals surface area contributed by atoms with Gasteiger partial charge in [-0.1, -0.05) is 6.07 Å². The smallest absolute Gasteiger partial charge is 0.249 e. The number of aryl methyl sites for hydroxylation is 1. The highest BCUT2D eigenvalue weighted by molar-refractivity contribution is 7.89. The molecule has 1 aromatic carbocycles. The van der Waals surface area contributed by atoms with Crippen molar-refractivity contribution in [2.45, 2.75) is 17.9 Å². The largest absolute Gasteiger partial charge is 0.374 e. The van der Waals surface area contributed by atoms with Crippen molar-refractivity contribution in [1.82, 2.24) is 4.31 Å². The molecular formula is C13H20ClN3O4S. The van der Waals surface area contributed by atoms with Gasteiger partial charge < -0.3 is 16.2 Å². The molecule has 0 saturated carbocycles. The maximum atomic E-state index is 12.6. The number of halogens is 1. The van der Waals surface area contributed by atoms with Crippen molar-refractivity contribution in [2.75, 3.05) is 26.2 Å². The number of benzene rings is 1. The predicted octanol–water partition coefficient (Wildman–Crippen LogP) is -0.136. The Morgan fingerprint density at radius 2 is 2.14 bits per heavy atom. The van der Waals surface area contributed by atoms with Gasteiger partial charge in [0.05, 0.1) is 17.6 Å². The zero-order valence-electron chi connectivity index (χ0n) is 12.2. The Morgan fingerprint density at radius 1 is 1.45 bits per heavy atom. The second kappa shape index (κ2) is 7.38. The summed E-state index contributed by atoms with van der Waals surface area (Å²) in [5, 5.41) is 0. The molecular weight excluding hydrogens is 330 g/mol. The van der Waals surface area contributed by atoms with Crippen LogP contribution in [0.3, 0.4) is 0 Å². The molecule has 124 valence electrons. The van der Waals surface area contributed by atoms with Gasteiger partial charge in [0.1, 0.15) is 0 Å². The first-order valence-electron chi connectivity index (χ1n) is 6.58. The molecule has 0 aromatic heterocycles. The van der Waals surface area contributed by atoms with Gasteiger partial charge in [0, 0.05) is 25.2 Å². The minimum atomic E-state index is -3.69. The number of morpholine rings is 1. The van der Waals surface area contributed by atoms with Crippen LogP contribution in [0.5, 0.6) is 0 Å². The van der Waals surface area contributed by atoms with E-state index in [-0.39, 0.29) is 48.6 Å². The average molecular weight is 350 g/mol. The summed E-state index contributed by atoms with van der Waals surface area (Å²) in [5.74, 6) is -0.647. The highest BCUT2D eigenvalue weighted by Crippen LogP contribution is 2.21. The van der Waals surface area contributed by atoms with Gasteiger partial charge in [-0.05, 0) is 24.6 Å². The summed E-state index contributed by atoms with van der Waals surface area (Å²) in [6.45, 7) is 2.73. The van der Waals surface area contributed by atoms with Crippen LogP contribution < -0.4 is 11.5 Å². The molecule has 1 aliphatic rings. The number of nitrogens with two attached hydrogens (primary N) is 2. The average Bonchev–Trinajstić information content (AvgIpc) is 2.47. The van der Waals surface area contributed by atoms with Crippen molar-refractivity contribution >= 4 is 28.3 Å². The topological polar surface area (TPSA) is 116 Å². The van der Waals surface area contributed by atoms with Crippen molar-refractivity contribution in [3.05, 3.63) is 29.3 Å². The zero-order chi connectivity index (χ0) is 15.6. The van der Waals surface area contributed by atoms with Crippen LogP contribution in [0, 0.1) is 6.92 Å². The lowest BCUT2D eigenvalue weighted by Gasteiger charge is -2.31. The van der Waals surface area contributed by atoms with Crippen molar-refractivity contribution in [3.63, 3.8) is 0 Å². The number of carbonyl (C=O) groups excluding carboxylic acids is 1. The molecule has 0 spiro atoms. The van der Waals surface area contributed by atoms with Crippen molar-refractivity contribution < 1.29 is 17.9 Å². The van der Waals surface area contributed by atoms with E-state index in [9.17, 15) is 13.2 Å². The lowest BCUT2D eigenvalue weighted by Crippen LogP contribution is -2.48. The van der Waals surface area contributed by atoms with Gasteiger partial charge in [-0.2, -0.15) is 4.31 Å². The molecule has 1 aliphatic heterocycles. The highest BCUT2D eigenvalue weighted by Gasteiger charge is 2.30. The number of sulfonamides is 1. The summed E-state index contributed by atoms with van der Waals surface area (Å²) < 4.78 is 31.9. The Bertz CT molecular complexity index is 651. The molecule has 0 aliphatic carbocycles. The lowest BCUT2D eigenvalue weighted by molar-refractivity contribution is 0.00450. The summed E-state index contributed by atoms with van der Waals surface area (Å²) in [6.07, 6.45) is -0.311. The van der Waals surface area contributed by atoms with Crippen LogP contribution in [0.25, 0.3) is 0 Å². The summed E-state index contributed by atoms with van der Waals surface area (Å²) in [4.78, 5) is 11.4. The van der Waals surface area contributed by atoms with E-state index in [2.05, 4.69) is 0 Å². The molecule has 1 saturated heterocycles. The van der Waals surface area contributed by atoms with Crippen molar-refractivity contribution in [1.29, 1.82) is 0 Å². The Balaban J connectivity index is 0.00000242. The number of amides is 1. The van der Waals surface area contributed by atoms with Crippen LogP contribution in [-0.4, -0.2) is 51.0 Å². The first-order chi connectivity index (χ1) is 9.86. The van der Waals surface area contributed by atoms with E-state index in [1.54, 1.807) is 13.0 Å². The van der Waals surface area contributed by atoms with Gasteiger partial charge in [0.15, 0.2) is 0 Å². The Kier molecular flexibility index (Phi) is 6.33. The van der Waals surface area contributed by atoms with Gasteiger partial charge in [0.25, 0.3) is 0 Å². The number of hydrogen-bond donors (Lipinski definition) is 2. The first kappa shape index (κ1) is 18.9. The second-order valence-electron chi connectivity index (χ2n) is 4.93. The normalized spacial score (nSPS) is 19.5. The van der Waals surface area contributed by atoms with Crippen LogP contribution in [0.1, 0.15) is 15.9 Å². The fraction of sp³-hybridized carbons (Fsp3) is 0.462. The third kappa shape index (κ3) is 3.76. The molecule has 2 rings (SSSR count). The second-order valence-corrected chi connectivity index (χ2v) is 6.87. The Morgan fingerprint density at radius 3 is 2.73 bits per heavy atom. The van der Waals surface area contributed by atoms with E-state index in [0.717, 1.165) is 0 Å². The zero-order valence-corrected chi connectivity index (χ0v) is 13.8. The molecule has 4 N–H and O–H groups in total. The Labute approximate surface area is 136 Å². The molecule has 9 heteroatoms. The SMILES string of the molecule is Cc1ccc(S(=O)(=O)N2CCOC(CN)C2)cc1C(N)=O.Cl. The van der Waals surface area contributed by atoms with E-state index in [0.29, 0.717) is 12.2 Å². The third-order valence-electron chi connectivity index (χ3n) is 3.48. The monoisotopic (exact) mass is 349 g/mol. The minimum absolute atomic E-state index is 0. The molecule has 1 amide bonds. The molecule has 1 unspecified atom stereocenters. The third-order valence-corrected chi connectivity index (χ3v) is 5.34. The van der Waals surface area contributed by atoms with Gasteiger partial charge in [-0.25, -0.2) is 8.42 Å². The van der Waals surface area contributed by atoms with Gasteiger partial charge >= 0.3 is 0 Å². The molecule has 7 nitrogen and oxygen atoms in total. The lowest BCUT2D eigenvalue weighted by atomic mass is 10.1. The number of ether oxygens (including phenoxy) is 1. The fourth-order valence-electron chi connectivity index (χ4n) is 2.23. The predicted molar refractivity (Wildman–Crippen MR) is 84.5 cm³/mol. The van der Waals surface area contributed by atoms with Crippen LogP contribution >= 0.6 is 12.4 Å². The number of primary amides is 1. The Hall–Kier alpha value is -1.19. The molecule has 1 atom stereocenters.